The number of para-hydroxylation sites is 1. The molecule has 0 unspecified atom stereocenters. The molecule has 3 rings (SSSR count). The molecule has 1 aromatic heterocycles. The molecule has 5 nitrogen and oxygen atoms in total. The van der Waals surface area contributed by atoms with E-state index in [-0.39, 0.29) is 0 Å². The molecule has 0 aliphatic rings. The number of unbranched alkanes of at least 4 members (excludes halogenated alkanes) is 1. The summed E-state index contributed by atoms with van der Waals surface area (Å²) in [6.45, 7) is 7.08. The summed E-state index contributed by atoms with van der Waals surface area (Å²) in [6.07, 6.45) is 1.55. The molecule has 0 radical (unpaired) electrons. The zero-order valence-electron chi connectivity index (χ0n) is 15.4. The lowest BCUT2D eigenvalue weighted by Crippen LogP contribution is -2.25. The summed E-state index contributed by atoms with van der Waals surface area (Å²) >= 11 is 0. The first-order chi connectivity index (χ1) is 12.5. The quantitative estimate of drug-likeness (QED) is 0.634. The summed E-state index contributed by atoms with van der Waals surface area (Å²) in [7, 11) is 0. The minimum Gasteiger partial charge on any atom is -0.494 e. The van der Waals surface area contributed by atoms with E-state index in [2.05, 4.69) is 13.8 Å². The molecule has 0 atom stereocenters. The van der Waals surface area contributed by atoms with Crippen LogP contribution in [-0.2, 0) is 6.54 Å². The van der Waals surface area contributed by atoms with Crippen molar-refractivity contribution in [2.75, 3.05) is 6.61 Å². The van der Waals surface area contributed by atoms with Gasteiger partial charge in [-0.3, -0.25) is 4.57 Å². The summed E-state index contributed by atoms with van der Waals surface area (Å²) < 4.78 is 12.2. The topological polar surface area (TPSA) is 61.4 Å². The number of aryl methyl sites for hydroxylation is 4. The summed E-state index contributed by atoms with van der Waals surface area (Å²) in [5.41, 5.74) is 3.41. The minimum atomic E-state index is -0.605. The Morgan fingerprint density at radius 3 is 2.54 bits per heavy atom. The number of hydrogen-bond donors (Lipinski definition) is 0. The van der Waals surface area contributed by atoms with Gasteiger partial charge in [0.2, 0.25) is 0 Å². The molecular weight excluding hydrogens is 330 g/mol. The molecule has 0 fully saturated rings. The molecule has 136 valence electrons. The van der Waals surface area contributed by atoms with Crippen LogP contribution < -0.4 is 16.1 Å². The van der Waals surface area contributed by atoms with E-state index in [0.717, 1.165) is 24.2 Å². The van der Waals surface area contributed by atoms with E-state index < -0.39 is 11.4 Å². The van der Waals surface area contributed by atoms with Crippen molar-refractivity contribution >= 4 is 10.9 Å². The zero-order chi connectivity index (χ0) is 18.7. The highest BCUT2D eigenvalue weighted by Gasteiger charge is 2.11. The van der Waals surface area contributed by atoms with Gasteiger partial charge < -0.3 is 9.15 Å². The fourth-order valence-corrected chi connectivity index (χ4v) is 3.03. The molecule has 0 saturated carbocycles. The molecule has 0 aliphatic carbocycles. The second-order valence-corrected chi connectivity index (χ2v) is 6.58. The van der Waals surface area contributed by atoms with Crippen LogP contribution in [0.2, 0.25) is 0 Å². The molecule has 0 bridgehead atoms. The molecule has 2 aromatic carbocycles. The first-order valence-corrected chi connectivity index (χ1v) is 8.80. The smallest absolute Gasteiger partial charge is 0.422 e. The summed E-state index contributed by atoms with van der Waals surface area (Å²) in [5, 5.41) is 0.441. The monoisotopic (exact) mass is 353 g/mol. The Bertz CT molecular complexity index is 1050. The van der Waals surface area contributed by atoms with E-state index in [1.165, 1.54) is 11.1 Å². The van der Waals surface area contributed by atoms with Gasteiger partial charge >= 0.3 is 11.4 Å². The Hall–Kier alpha value is -2.82. The largest absolute Gasteiger partial charge is 0.494 e. The Balaban J connectivity index is 1.66. The normalized spacial score (nSPS) is 11.0. The third-order valence-corrected chi connectivity index (χ3v) is 4.65. The van der Waals surface area contributed by atoms with E-state index in [1.807, 2.05) is 31.2 Å². The summed E-state index contributed by atoms with van der Waals surface area (Å²) in [5.74, 6) is 0.254. The molecule has 0 amide bonds. The first kappa shape index (κ1) is 18.0. The average Bonchev–Trinajstić information content (AvgIpc) is 2.60. The maximum atomic E-state index is 12.1. The second kappa shape index (κ2) is 7.60. The minimum absolute atomic E-state index is 0.441. The van der Waals surface area contributed by atoms with Crippen LogP contribution in [0.5, 0.6) is 5.75 Å². The molecule has 0 spiro atoms. The van der Waals surface area contributed by atoms with Crippen LogP contribution in [0.1, 0.15) is 29.5 Å². The maximum absolute atomic E-state index is 12.1. The molecule has 0 N–H and O–H groups in total. The predicted octanol–water partition coefficient (Wildman–Crippen LogP) is 3.74. The molecule has 0 aliphatic heterocycles. The van der Waals surface area contributed by atoms with Crippen molar-refractivity contribution in [1.29, 1.82) is 0 Å². The second-order valence-electron chi connectivity index (χ2n) is 6.58. The van der Waals surface area contributed by atoms with Crippen molar-refractivity contribution in [3.8, 4) is 5.75 Å². The fourth-order valence-electron chi connectivity index (χ4n) is 3.03. The molecule has 1 heterocycles. The van der Waals surface area contributed by atoms with Gasteiger partial charge in [-0.1, -0.05) is 18.2 Å². The zero-order valence-corrected chi connectivity index (χ0v) is 15.4. The molecule has 5 heteroatoms. The van der Waals surface area contributed by atoms with Crippen LogP contribution in [0, 0.1) is 20.8 Å². The number of ether oxygens (including phenoxy) is 1. The van der Waals surface area contributed by atoms with Gasteiger partial charge in [-0.25, -0.2) is 9.59 Å². The predicted molar refractivity (Wildman–Crippen MR) is 102 cm³/mol. The van der Waals surface area contributed by atoms with Crippen molar-refractivity contribution in [1.82, 2.24) is 4.57 Å². The van der Waals surface area contributed by atoms with Crippen molar-refractivity contribution in [3.63, 3.8) is 0 Å². The summed E-state index contributed by atoms with van der Waals surface area (Å²) in [4.78, 5) is 24.0. The van der Waals surface area contributed by atoms with Gasteiger partial charge in [0.1, 0.15) is 5.75 Å². The van der Waals surface area contributed by atoms with E-state index >= 15 is 0 Å². The van der Waals surface area contributed by atoms with Crippen molar-refractivity contribution in [3.05, 3.63) is 74.1 Å². The molecular formula is C21H23NO4. The Morgan fingerprint density at radius 1 is 0.962 bits per heavy atom. The highest BCUT2D eigenvalue weighted by Crippen LogP contribution is 2.17. The van der Waals surface area contributed by atoms with Gasteiger partial charge in [0.25, 0.3) is 0 Å². The standard InChI is InChI=1S/C21H23NO4/c1-14-9-10-17(13-16(14)3)25-12-5-4-11-22-19-15(2)7-6-8-18(19)20(23)26-21(22)24/h6-10,13H,4-5,11-12H2,1-3H3. The van der Waals surface area contributed by atoms with Crippen LogP contribution in [0.15, 0.2) is 50.4 Å². The van der Waals surface area contributed by atoms with E-state index in [1.54, 1.807) is 16.7 Å². The number of nitrogens with zero attached hydrogens (tertiary/aromatic N) is 1. The lowest BCUT2D eigenvalue weighted by molar-refractivity contribution is 0.300. The lowest BCUT2D eigenvalue weighted by atomic mass is 10.1. The third kappa shape index (κ3) is 3.72. The summed E-state index contributed by atoms with van der Waals surface area (Å²) in [6, 6.07) is 11.4. The maximum Gasteiger partial charge on any atom is 0.422 e. The van der Waals surface area contributed by atoms with Gasteiger partial charge in [0.05, 0.1) is 17.5 Å². The third-order valence-electron chi connectivity index (χ3n) is 4.65. The number of hydrogen-bond acceptors (Lipinski definition) is 4. The van der Waals surface area contributed by atoms with Crippen LogP contribution in [0.3, 0.4) is 0 Å². The lowest BCUT2D eigenvalue weighted by Gasteiger charge is -2.11. The molecule has 3 aromatic rings. The Labute approximate surface area is 151 Å². The number of fused-ring (bicyclic) bond motifs is 1. The SMILES string of the molecule is Cc1ccc(OCCCCn2c(=O)oc(=O)c3cccc(C)c32)cc1C. The van der Waals surface area contributed by atoms with E-state index in [0.29, 0.717) is 24.1 Å². The number of aromatic nitrogens is 1. The number of rotatable bonds is 6. The average molecular weight is 353 g/mol. The van der Waals surface area contributed by atoms with Crippen molar-refractivity contribution < 1.29 is 9.15 Å². The molecule has 26 heavy (non-hydrogen) atoms. The number of benzene rings is 2. The highest BCUT2D eigenvalue weighted by molar-refractivity contribution is 5.80. The van der Waals surface area contributed by atoms with Crippen molar-refractivity contribution in [2.45, 2.75) is 40.2 Å². The van der Waals surface area contributed by atoms with E-state index in [4.69, 9.17) is 9.15 Å². The Morgan fingerprint density at radius 2 is 1.77 bits per heavy atom. The molecule has 0 saturated heterocycles. The Kier molecular flexibility index (Phi) is 5.26. The van der Waals surface area contributed by atoms with E-state index in [9.17, 15) is 9.59 Å². The van der Waals surface area contributed by atoms with Crippen LogP contribution in [-0.4, -0.2) is 11.2 Å². The van der Waals surface area contributed by atoms with Crippen LogP contribution >= 0.6 is 0 Å². The van der Waals surface area contributed by atoms with Crippen LogP contribution in [0.4, 0.5) is 0 Å². The van der Waals surface area contributed by atoms with Gasteiger partial charge in [0.15, 0.2) is 0 Å². The fraction of sp³-hybridized carbons (Fsp3) is 0.333. The first-order valence-electron chi connectivity index (χ1n) is 8.80. The van der Waals surface area contributed by atoms with Crippen LogP contribution in [0.25, 0.3) is 10.9 Å². The van der Waals surface area contributed by atoms with Gasteiger partial charge in [-0.15, -0.1) is 0 Å². The van der Waals surface area contributed by atoms with Gasteiger partial charge in [-0.05, 0) is 68.5 Å². The van der Waals surface area contributed by atoms with Crippen molar-refractivity contribution in [2.24, 2.45) is 0 Å². The van der Waals surface area contributed by atoms with Gasteiger partial charge in [-0.2, -0.15) is 0 Å². The van der Waals surface area contributed by atoms with Gasteiger partial charge in [0, 0.05) is 6.54 Å². The highest BCUT2D eigenvalue weighted by atomic mass is 16.5.